The van der Waals surface area contributed by atoms with Crippen molar-refractivity contribution in [2.24, 2.45) is 0 Å². The minimum absolute atomic E-state index is 0.135. The molecule has 0 heterocycles. The van der Waals surface area contributed by atoms with Crippen LogP contribution in [0.4, 0.5) is 5.69 Å². The van der Waals surface area contributed by atoms with Crippen LogP contribution in [0.3, 0.4) is 0 Å². The third-order valence-corrected chi connectivity index (χ3v) is 2.91. The van der Waals surface area contributed by atoms with E-state index in [1.54, 1.807) is 31.2 Å². The summed E-state index contributed by atoms with van der Waals surface area (Å²) in [6.07, 6.45) is 0.847. The molecule has 0 fully saturated rings. The molecule has 5 nitrogen and oxygen atoms in total. The van der Waals surface area contributed by atoms with Crippen molar-refractivity contribution >= 4 is 11.6 Å². The quantitative estimate of drug-likeness (QED) is 0.650. The largest absolute Gasteiger partial charge is 0.493 e. The smallest absolute Gasteiger partial charge is 0.223 e. The lowest BCUT2D eigenvalue weighted by Gasteiger charge is -2.21. The molecule has 0 aliphatic carbocycles. The van der Waals surface area contributed by atoms with Crippen LogP contribution in [0.15, 0.2) is 24.3 Å². The van der Waals surface area contributed by atoms with Gasteiger partial charge in [-0.3, -0.25) is 4.79 Å². The van der Waals surface area contributed by atoms with Crippen LogP contribution >= 0.6 is 0 Å². The molecule has 0 spiro atoms. The van der Waals surface area contributed by atoms with E-state index in [1.807, 2.05) is 6.92 Å². The molecular formula is C14H22N2O3. The zero-order chi connectivity index (χ0) is 14.3. The first kappa shape index (κ1) is 15.3. The Morgan fingerprint density at radius 3 is 2.63 bits per heavy atom. The molecule has 1 rings (SSSR count). The molecule has 1 unspecified atom stereocenters. The number of hydrogen-bond acceptors (Lipinski definition) is 4. The molecule has 0 aliphatic heterocycles. The average molecular weight is 266 g/mol. The van der Waals surface area contributed by atoms with E-state index in [0.29, 0.717) is 24.5 Å². The maximum atomic E-state index is 11.5. The van der Waals surface area contributed by atoms with E-state index in [9.17, 15) is 9.90 Å². The van der Waals surface area contributed by atoms with Gasteiger partial charge in [0.2, 0.25) is 5.91 Å². The lowest BCUT2D eigenvalue weighted by Crippen LogP contribution is -2.40. The van der Waals surface area contributed by atoms with Crippen molar-refractivity contribution in [3.05, 3.63) is 24.3 Å². The summed E-state index contributed by atoms with van der Waals surface area (Å²) < 4.78 is 5.41. The molecular weight excluding hydrogens is 244 g/mol. The van der Waals surface area contributed by atoms with Gasteiger partial charge >= 0.3 is 0 Å². The van der Waals surface area contributed by atoms with E-state index in [-0.39, 0.29) is 18.9 Å². The van der Waals surface area contributed by atoms with E-state index in [1.165, 1.54) is 0 Å². The van der Waals surface area contributed by atoms with Crippen molar-refractivity contribution in [2.45, 2.75) is 32.3 Å². The van der Waals surface area contributed by atoms with Gasteiger partial charge in [-0.25, -0.2) is 0 Å². The Hall–Kier alpha value is -1.75. The van der Waals surface area contributed by atoms with Gasteiger partial charge in [0.15, 0.2) is 0 Å². The van der Waals surface area contributed by atoms with Crippen molar-refractivity contribution in [2.75, 3.05) is 18.9 Å². The number of hydrogen-bond donors (Lipinski definition) is 3. The fraction of sp³-hybridized carbons (Fsp3) is 0.500. The predicted octanol–water partition coefficient (Wildman–Crippen LogP) is 1.31. The third-order valence-electron chi connectivity index (χ3n) is 2.91. The molecule has 19 heavy (non-hydrogen) atoms. The Morgan fingerprint density at radius 1 is 1.42 bits per heavy atom. The van der Waals surface area contributed by atoms with Gasteiger partial charge < -0.3 is 20.9 Å². The number of nitrogens with two attached hydrogens (primary N) is 1. The second-order valence-electron chi connectivity index (χ2n) is 4.79. The van der Waals surface area contributed by atoms with E-state index >= 15 is 0 Å². The Morgan fingerprint density at radius 2 is 2.05 bits per heavy atom. The highest BCUT2D eigenvalue weighted by molar-refractivity contribution is 5.76. The molecule has 1 amide bonds. The van der Waals surface area contributed by atoms with Crippen LogP contribution < -0.4 is 15.8 Å². The Bertz CT molecular complexity index is 402. The summed E-state index contributed by atoms with van der Waals surface area (Å²) in [6, 6.07) is 7.01. The number of benzene rings is 1. The Labute approximate surface area is 113 Å². The monoisotopic (exact) mass is 266 g/mol. The van der Waals surface area contributed by atoms with Crippen molar-refractivity contribution < 1.29 is 14.6 Å². The number of amides is 1. The van der Waals surface area contributed by atoms with Crippen LogP contribution in [0.25, 0.3) is 0 Å². The van der Waals surface area contributed by atoms with Crippen LogP contribution in [0, 0.1) is 0 Å². The van der Waals surface area contributed by atoms with Gasteiger partial charge in [0, 0.05) is 12.2 Å². The maximum absolute atomic E-state index is 11.5. The zero-order valence-electron chi connectivity index (χ0n) is 11.5. The fourth-order valence-corrected chi connectivity index (χ4v) is 1.33. The van der Waals surface area contributed by atoms with Gasteiger partial charge in [0.05, 0.1) is 18.6 Å². The highest BCUT2D eigenvalue weighted by Crippen LogP contribution is 2.13. The highest BCUT2D eigenvalue weighted by Gasteiger charge is 2.18. The lowest BCUT2D eigenvalue weighted by atomic mass is 10.0. The molecule has 0 radical (unpaired) electrons. The molecule has 0 saturated heterocycles. The minimum atomic E-state index is -0.854. The molecule has 0 aliphatic rings. The molecule has 4 N–H and O–H groups in total. The number of carbonyl (C=O) groups is 1. The summed E-state index contributed by atoms with van der Waals surface area (Å²) in [7, 11) is 0. The summed E-state index contributed by atoms with van der Waals surface area (Å²) in [5.74, 6) is 0.548. The van der Waals surface area contributed by atoms with Crippen molar-refractivity contribution in [3.8, 4) is 5.75 Å². The van der Waals surface area contributed by atoms with Crippen molar-refractivity contribution in [1.82, 2.24) is 5.32 Å². The van der Waals surface area contributed by atoms with Crippen LogP contribution in [-0.4, -0.2) is 29.8 Å². The summed E-state index contributed by atoms with van der Waals surface area (Å²) in [6.45, 7) is 4.11. The lowest BCUT2D eigenvalue weighted by molar-refractivity contribution is -0.122. The molecule has 1 aromatic carbocycles. The first-order valence-corrected chi connectivity index (χ1v) is 6.40. The van der Waals surface area contributed by atoms with Gasteiger partial charge in [-0.1, -0.05) is 6.92 Å². The maximum Gasteiger partial charge on any atom is 0.223 e. The molecule has 1 aromatic rings. The molecule has 0 saturated carbocycles. The minimum Gasteiger partial charge on any atom is -0.493 e. The fourth-order valence-electron chi connectivity index (χ4n) is 1.33. The van der Waals surface area contributed by atoms with Crippen LogP contribution in [0.2, 0.25) is 0 Å². The van der Waals surface area contributed by atoms with E-state index in [4.69, 9.17) is 10.5 Å². The molecule has 106 valence electrons. The number of nitrogens with one attached hydrogen (secondary N) is 1. The summed E-state index contributed by atoms with van der Waals surface area (Å²) in [5, 5.41) is 12.4. The van der Waals surface area contributed by atoms with Gasteiger partial charge in [0.1, 0.15) is 5.75 Å². The normalized spacial score (nSPS) is 13.6. The van der Waals surface area contributed by atoms with Gasteiger partial charge in [-0.15, -0.1) is 0 Å². The third kappa shape index (κ3) is 6.10. The summed E-state index contributed by atoms with van der Waals surface area (Å²) in [5.41, 5.74) is 5.37. The number of rotatable bonds is 7. The van der Waals surface area contributed by atoms with Crippen LogP contribution in [-0.2, 0) is 4.79 Å². The van der Waals surface area contributed by atoms with E-state index in [2.05, 4.69) is 5.32 Å². The summed E-state index contributed by atoms with van der Waals surface area (Å²) in [4.78, 5) is 11.5. The van der Waals surface area contributed by atoms with Gasteiger partial charge in [0.25, 0.3) is 0 Å². The Kier molecular flexibility index (Phi) is 5.63. The van der Waals surface area contributed by atoms with Crippen molar-refractivity contribution in [1.29, 1.82) is 0 Å². The van der Waals surface area contributed by atoms with Gasteiger partial charge in [-0.05, 0) is 37.6 Å². The number of aliphatic hydroxyl groups is 1. The topological polar surface area (TPSA) is 84.6 Å². The zero-order valence-corrected chi connectivity index (χ0v) is 11.5. The van der Waals surface area contributed by atoms with E-state index < -0.39 is 5.60 Å². The molecule has 0 aromatic heterocycles. The number of carbonyl (C=O) groups excluding carboxylic acids is 1. The first-order valence-electron chi connectivity index (χ1n) is 6.40. The predicted molar refractivity (Wildman–Crippen MR) is 74.9 cm³/mol. The first-order chi connectivity index (χ1) is 8.93. The molecule has 5 heteroatoms. The van der Waals surface area contributed by atoms with Crippen molar-refractivity contribution in [3.63, 3.8) is 0 Å². The average Bonchev–Trinajstić information content (AvgIpc) is 2.39. The second-order valence-corrected chi connectivity index (χ2v) is 4.79. The Balaban J connectivity index is 2.22. The van der Waals surface area contributed by atoms with Gasteiger partial charge in [-0.2, -0.15) is 0 Å². The van der Waals surface area contributed by atoms with E-state index in [0.717, 1.165) is 0 Å². The van der Waals surface area contributed by atoms with Crippen LogP contribution in [0.1, 0.15) is 26.7 Å². The number of anilines is 1. The molecule has 0 bridgehead atoms. The number of ether oxygens (including phenoxy) is 1. The second kappa shape index (κ2) is 6.99. The standard InChI is InChI=1S/C14H22N2O3/c1-3-14(2,18)10-16-13(17)8-9-19-12-6-4-11(15)5-7-12/h4-7,18H,3,8-10,15H2,1-2H3,(H,16,17). The van der Waals surface area contributed by atoms with Crippen LogP contribution in [0.5, 0.6) is 5.75 Å². The SMILES string of the molecule is CCC(C)(O)CNC(=O)CCOc1ccc(N)cc1. The summed E-state index contributed by atoms with van der Waals surface area (Å²) >= 11 is 0. The number of nitrogen functional groups attached to an aromatic ring is 1. The highest BCUT2D eigenvalue weighted by atomic mass is 16.5. The molecule has 1 atom stereocenters.